The number of carbonyl (C=O) groups excluding carboxylic acids is 3. The van der Waals surface area contributed by atoms with Crippen LogP contribution in [0.15, 0.2) is 23.6 Å². The van der Waals surface area contributed by atoms with Crippen LogP contribution in [-0.4, -0.2) is 46.9 Å². The van der Waals surface area contributed by atoms with Crippen LogP contribution >= 0.6 is 23.2 Å². The van der Waals surface area contributed by atoms with Crippen LogP contribution in [0.1, 0.15) is 47.0 Å². The summed E-state index contributed by atoms with van der Waals surface area (Å²) in [5.74, 6) is -4.73. The number of methoxy groups -OCH3 is 1. The number of allylic oxidation sites excluding steroid dienone is 4. The van der Waals surface area contributed by atoms with Crippen molar-refractivity contribution in [2.75, 3.05) is 7.11 Å². The van der Waals surface area contributed by atoms with Crippen molar-refractivity contribution in [1.29, 1.82) is 0 Å². The molecule has 0 aromatic heterocycles. The van der Waals surface area contributed by atoms with Gasteiger partial charge >= 0.3 is 11.9 Å². The summed E-state index contributed by atoms with van der Waals surface area (Å²) in [6.45, 7) is 6.45. The van der Waals surface area contributed by atoms with Crippen LogP contribution in [0, 0.1) is 28.6 Å². The van der Waals surface area contributed by atoms with Gasteiger partial charge in [0, 0.05) is 29.2 Å². The van der Waals surface area contributed by atoms with Crippen molar-refractivity contribution in [2.24, 2.45) is 28.6 Å². The van der Waals surface area contributed by atoms with Gasteiger partial charge in [0.25, 0.3) is 0 Å². The minimum absolute atomic E-state index is 0.148. The highest BCUT2D eigenvalue weighted by atomic mass is 35.5. The Kier molecular flexibility index (Phi) is 5.61. The van der Waals surface area contributed by atoms with Crippen molar-refractivity contribution >= 4 is 40.9 Å². The van der Waals surface area contributed by atoms with Crippen molar-refractivity contribution < 1.29 is 32.6 Å². The second-order valence-electron chi connectivity index (χ2n) is 10.4. The first-order valence-electron chi connectivity index (χ1n) is 11.1. The third-order valence-electron chi connectivity index (χ3n) is 9.00. The molecule has 0 unspecified atom stereocenters. The van der Waals surface area contributed by atoms with E-state index in [9.17, 15) is 18.8 Å². The fourth-order valence-electron chi connectivity index (χ4n) is 7.62. The molecule has 4 aliphatic carbocycles. The average Bonchev–Trinajstić information content (AvgIpc) is 2.94. The Bertz CT molecular complexity index is 997. The van der Waals surface area contributed by atoms with Gasteiger partial charge in [0.1, 0.15) is 6.17 Å². The van der Waals surface area contributed by atoms with Crippen LogP contribution in [0.4, 0.5) is 8.78 Å². The molecule has 0 spiro atoms. The molecule has 0 saturated heterocycles. The van der Waals surface area contributed by atoms with Crippen LogP contribution in [0.5, 0.6) is 0 Å². The van der Waals surface area contributed by atoms with E-state index in [4.69, 9.17) is 32.7 Å². The highest BCUT2D eigenvalue weighted by Gasteiger charge is 2.78. The number of alkyl halides is 3. The molecule has 4 aliphatic rings. The molecule has 0 amide bonds. The summed E-state index contributed by atoms with van der Waals surface area (Å²) in [5, 5.41) is -0.853. The maximum Gasteiger partial charge on any atom is 0.351 e. The van der Waals surface area contributed by atoms with Crippen molar-refractivity contribution in [1.82, 2.24) is 0 Å². The number of esters is 2. The normalized spacial score (nSPS) is 48.6. The fraction of sp³-hybridized carbons (Fsp3) is 0.708. The molecule has 0 bridgehead atoms. The zero-order valence-electron chi connectivity index (χ0n) is 19.2. The van der Waals surface area contributed by atoms with E-state index in [0.717, 1.165) is 6.08 Å². The first kappa shape index (κ1) is 24.6. The molecule has 0 aromatic carbocycles. The Morgan fingerprint density at radius 2 is 1.85 bits per heavy atom. The summed E-state index contributed by atoms with van der Waals surface area (Å²) in [4.78, 5) is 36.0. The number of halogens is 4. The van der Waals surface area contributed by atoms with E-state index >= 15 is 4.39 Å². The number of rotatable bonds is 2. The van der Waals surface area contributed by atoms with Gasteiger partial charge in [-0.05, 0) is 37.2 Å². The Balaban J connectivity index is 1.91. The molecule has 3 fully saturated rings. The lowest BCUT2D eigenvalue weighted by molar-refractivity contribution is -0.207. The zero-order valence-corrected chi connectivity index (χ0v) is 20.7. The molecule has 0 N–H and O–H groups in total. The maximum absolute atomic E-state index is 15.6. The second-order valence-corrected chi connectivity index (χ2v) is 11.5. The van der Waals surface area contributed by atoms with Crippen molar-refractivity contribution in [2.45, 2.75) is 69.0 Å². The van der Waals surface area contributed by atoms with Gasteiger partial charge in [0.05, 0.1) is 17.4 Å². The number of hydrogen-bond donors (Lipinski definition) is 0. The van der Waals surface area contributed by atoms with E-state index in [1.807, 2.05) is 6.92 Å². The molecule has 9 atom stereocenters. The van der Waals surface area contributed by atoms with E-state index in [-0.39, 0.29) is 24.3 Å². The second kappa shape index (κ2) is 7.51. The molecule has 3 saturated carbocycles. The largest absolute Gasteiger partial charge is 0.466 e. The first-order valence-corrected chi connectivity index (χ1v) is 11.9. The zero-order chi connectivity index (χ0) is 24.7. The third kappa shape index (κ3) is 2.78. The lowest BCUT2D eigenvalue weighted by atomic mass is 9.46. The smallest absolute Gasteiger partial charge is 0.351 e. The molecule has 0 aromatic rings. The van der Waals surface area contributed by atoms with Gasteiger partial charge < -0.3 is 9.47 Å². The highest BCUT2D eigenvalue weighted by Crippen LogP contribution is 2.73. The Morgan fingerprint density at radius 1 is 1.21 bits per heavy atom. The molecule has 9 heteroatoms. The Labute approximate surface area is 201 Å². The molecule has 5 nitrogen and oxygen atoms in total. The van der Waals surface area contributed by atoms with Crippen molar-refractivity contribution in [3.63, 3.8) is 0 Å². The van der Waals surface area contributed by atoms with Crippen LogP contribution in [0.3, 0.4) is 0 Å². The number of hydrogen-bond acceptors (Lipinski definition) is 5. The Morgan fingerprint density at radius 3 is 2.42 bits per heavy atom. The quantitative estimate of drug-likeness (QED) is 0.397. The number of fused-ring (bicyclic) bond motifs is 5. The molecule has 0 aliphatic heterocycles. The topological polar surface area (TPSA) is 69.7 Å². The maximum atomic E-state index is 15.6. The third-order valence-corrected chi connectivity index (χ3v) is 10.5. The lowest BCUT2D eigenvalue weighted by Crippen LogP contribution is -2.69. The minimum Gasteiger partial charge on any atom is -0.466 e. The van der Waals surface area contributed by atoms with Crippen LogP contribution in [0.25, 0.3) is 0 Å². The summed E-state index contributed by atoms with van der Waals surface area (Å²) in [6.07, 6.45) is 1.21. The standard InChI is InChI=1S/C24H28Cl2F2O5/c1-11-8-13-14-9-15(27)18-19(28)16(30)6-7-21(18,3)23(14,26)17(25)10-22(13,4)24(11,20(31)32-5)33-12(2)29/h6-7,11,13-15,17H,8-10H2,1-5H3/t11-,13-,14-,15-,17-,21-,22-,23-,24-/m0/s1. The van der Waals surface area contributed by atoms with Gasteiger partial charge in [-0.25, -0.2) is 13.6 Å². The van der Waals surface area contributed by atoms with Crippen molar-refractivity contribution in [3.8, 4) is 0 Å². The summed E-state index contributed by atoms with van der Waals surface area (Å²) >= 11 is 14.3. The van der Waals surface area contributed by atoms with Gasteiger partial charge in [0.15, 0.2) is 5.83 Å². The SMILES string of the molecule is COC(=O)[C@@]1(OC(C)=O)[C@@H](C)C[C@H]2[C@@H]3C[C@H](F)C4=C(F)C(=O)C=C[C@]4(C)[C@@]3(Cl)[C@@H](Cl)C[C@@]21C. The number of ether oxygens (including phenoxy) is 2. The summed E-state index contributed by atoms with van der Waals surface area (Å²) < 4.78 is 41.4. The molecular weight excluding hydrogens is 477 g/mol. The van der Waals surface area contributed by atoms with E-state index in [1.165, 1.54) is 20.1 Å². The minimum atomic E-state index is -1.75. The monoisotopic (exact) mass is 504 g/mol. The van der Waals surface area contributed by atoms with E-state index in [2.05, 4.69) is 0 Å². The predicted octanol–water partition coefficient (Wildman–Crippen LogP) is 4.84. The molecule has 33 heavy (non-hydrogen) atoms. The van der Waals surface area contributed by atoms with E-state index < -0.39 is 68.2 Å². The van der Waals surface area contributed by atoms with Gasteiger partial charge in [-0.2, -0.15) is 0 Å². The highest BCUT2D eigenvalue weighted by molar-refractivity contribution is 6.34. The molecule has 0 radical (unpaired) electrons. The average molecular weight is 505 g/mol. The summed E-state index contributed by atoms with van der Waals surface area (Å²) in [5.41, 5.74) is -4.22. The van der Waals surface area contributed by atoms with Crippen molar-refractivity contribution in [3.05, 3.63) is 23.6 Å². The van der Waals surface area contributed by atoms with Gasteiger partial charge in [-0.1, -0.05) is 26.8 Å². The molecular formula is C24H28Cl2F2O5. The predicted molar refractivity (Wildman–Crippen MR) is 118 cm³/mol. The van der Waals surface area contributed by atoms with Gasteiger partial charge in [-0.3, -0.25) is 9.59 Å². The first-order chi connectivity index (χ1) is 15.2. The van der Waals surface area contributed by atoms with Crippen LogP contribution < -0.4 is 0 Å². The summed E-state index contributed by atoms with van der Waals surface area (Å²) in [6, 6.07) is 0. The van der Waals surface area contributed by atoms with E-state index in [1.54, 1.807) is 13.8 Å². The van der Waals surface area contributed by atoms with Gasteiger partial charge in [-0.15, -0.1) is 23.2 Å². The Hall–Kier alpha value is -1.47. The number of ketones is 1. The summed E-state index contributed by atoms with van der Waals surface area (Å²) in [7, 11) is 1.23. The molecule has 0 heterocycles. The molecule has 4 rings (SSSR count). The van der Waals surface area contributed by atoms with Crippen LogP contribution in [0.2, 0.25) is 0 Å². The molecule has 182 valence electrons. The number of carbonyl (C=O) groups is 3. The van der Waals surface area contributed by atoms with Crippen LogP contribution in [-0.2, 0) is 23.9 Å². The van der Waals surface area contributed by atoms with Gasteiger partial charge in [0.2, 0.25) is 11.4 Å². The van der Waals surface area contributed by atoms with E-state index in [0.29, 0.717) is 6.42 Å². The fourth-order valence-corrected chi connectivity index (χ4v) is 8.82. The lowest BCUT2D eigenvalue weighted by Gasteiger charge is -2.64.